The number of benzene rings is 2. The van der Waals surface area contributed by atoms with E-state index in [4.69, 9.17) is 39.0 Å². The summed E-state index contributed by atoms with van der Waals surface area (Å²) in [6, 6.07) is 12.1. The average molecular weight is 690 g/mol. The minimum absolute atomic E-state index is 0.0729. The Morgan fingerprint density at radius 3 is 2.38 bits per heavy atom. The van der Waals surface area contributed by atoms with Crippen LogP contribution >= 0.6 is 23.2 Å². The highest BCUT2D eigenvalue weighted by atomic mass is 35.5. The van der Waals surface area contributed by atoms with E-state index in [0.717, 1.165) is 69.4 Å². The number of hydrogen-bond donors (Lipinski definition) is 2. The first-order valence-corrected chi connectivity index (χ1v) is 17.1. The molecule has 2 fully saturated rings. The van der Waals surface area contributed by atoms with E-state index in [1.54, 1.807) is 18.9 Å². The number of piperidine rings is 2. The van der Waals surface area contributed by atoms with Crippen molar-refractivity contribution in [2.45, 2.75) is 78.2 Å². The molecule has 4 rings (SSSR count). The number of carbonyl (C=O) groups excluding carboxylic acids is 2. The van der Waals surface area contributed by atoms with E-state index >= 15 is 0 Å². The first-order valence-electron chi connectivity index (χ1n) is 16.3. The maximum atomic E-state index is 12.4. The van der Waals surface area contributed by atoms with Crippen LogP contribution in [0.15, 0.2) is 46.7 Å². The minimum atomic E-state index is -0.109. The summed E-state index contributed by atoms with van der Waals surface area (Å²) in [4.78, 5) is 35.6. The van der Waals surface area contributed by atoms with Crippen molar-refractivity contribution in [2.24, 2.45) is 16.0 Å². The third kappa shape index (κ3) is 12.3. The number of aryl methyl sites for hydroxylation is 2. The van der Waals surface area contributed by atoms with Crippen LogP contribution in [0, 0.1) is 13.8 Å². The standard InChI is InChI=1S/C20H28Cl2N2O.C15H22N4O3/c1-15(16-5-6-18(21)19(22)14-16)7-11-23-12-8-17(9-13-23)24-10-3-2-4-20(24)25;1-10-5-11(2)7-13(6-10)15(20)19(4)8-12(3)18-22-9-14(16)17-21/h5-6,14-15,17H,2-4,7-13H2,1H3;5-7,21H,8-9H2,1-4H3,(H2,16,17)/b;18-12+. The molecule has 258 valence electrons. The summed E-state index contributed by atoms with van der Waals surface area (Å²) in [6.07, 6.45) is 6.35. The lowest BCUT2D eigenvalue weighted by molar-refractivity contribution is -0.136. The zero-order valence-electron chi connectivity index (χ0n) is 28.3. The van der Waals surface area contributed by atoms with Gasteiger partial charge >= 0.3 is 0 Å². The number of amidine groups is 1. The van der Waals surface area contributed by atoms with Crippen LogP contribution < -0.4 is 5.73 Å². The van der Waals surface area contributed by atoms with Crippen LogP contribution in [-0.4, -0.2) is 95.7 Å². The highest BCUT2D eigenvalue weighted by Gasteiger charge is 2.29. The molecule has 12 heteroatoms. The van der Waals surface area contributed by atoms with Crippen LogP contribution in [0.3, 0.4) is 0 Å². The van der Waals surface area contributed by atoms with Gasteiger partial charge in [0.15, 0.2) is 12.4 Å². The average Bonchev–Trinajstić information content (AvgIpc) is 3.04. The molecule has 2 aliphatic rings. The van der Waals surface area contributed by atoms with Crippen LogP contribution in [0.5, 0.6) is 0 Å². The Hall–Kier alpha value is -3.34. The fraction of sp³-hybridized carbons (Fsp3) is 0.543. The molecule has 47 heavy (non-hydrogen) atoms. The number of hydrogen-bond acceptors (Lipinski definition) is 7. The molecule has 0 spiro atoms. The molecule has 2 heterocycles. The summed E-state index contributed by atoms with van der Waals surface area (Å²) < 4.78 is 0. The summed E-state index contributed by atoms with van der Waals surface area (Å²) in [5, 5.41) is 16.2. The summed E-state index contributed by atoms with van der Waals surface area (Å²) in [5.41, 5.74) is 9.84. The number of oxime groups is 2. The van der Waals surface area contributed by atoms with Gasteiger partial charge in [-0.25, -0.2) is 0 Å². The molecule has 1 unspecified atom stereocenters. The van der Waals surface area contributed by atoms with Crippen molar-refractivity contribution in [3.05, 3.63) is 68.7 Å². The number of nitrogens with zero attached hydrogens (tertiary/aromatic N) is 5. The summed E-state index contributed by atoms with van der Waals surface area (Å²) >= 11 is 12.1. The molecule has 2 saturated heterocycles. The van der Waals surface area contributed by atoms with Gasteiger partial charge in [0.25, 0.3) is 5.91 Å². The van der Waals surface area contributed by atoms with E-state index < -0.39 is 0 Å². The van der Waals surface area contributed by atoms with Gasteiger partial charge in [-0.1, -0.05) is 63.7 Å². The number of amides is 2. The van der Waals surface area contributed by atoms with Crippen LogP contribution in [0.1, 0.15) is 85.3 Å². The monoisotopic (exact) mass is 688 g/mol. The molecule has 2 amide bonds. The molecule has 0 aromatic heterocycles. The Morgan fingerprint density at radius 2 is 1.77 bits per heavy atom. The van der Waals surface area contributed by atoms with Crippen LogP contribution in [-0.2, 0) is 9.63 Å². The summed E-state index contributed by atoms with van der Waals surface area (Å²) in [6.45, 7) is 12.4. The number of halogens is 2. The van der Waals surface area contributed by atoms with Gasteiger partial charge < -0.3 is 30.5 Å². The number of rotatable bonds is 11. The van der Waals surface area contributed by atoms with E-state index in [2.05, 4.69) is 33.1 Å². The van der Waals surface area contributed by atoms with Gasteiger partial charge in [0.1, 0.15) is 0 Å². The van der Waals surface area contributed by atoms with Gasteiger partial charge in [-0.15, -0.1) is 0 Å². The Kier molecular flexibility index (Phi) is 15.3. The number of likely N-dealkylation sites (tertiary alicyclic amines) is 2. The van der Waals surface area contributed by atoms with Crippen molar-refractivity contribution in [3.8, 4) is 0 Å². The Morgan fingerprint density at radius 1 is 1.09 bits per heavy atom. The van der Waals surface area contributed by atoms with E-state index in [-0.39, 0.29) is 18.3 Å². The van der Waals surface area contributed by atoms with Crippen molar-refractivity contribution < 1.29 is 19.6 Å². The Balaban J connectivity index is 0.000000258. The second-order valence-corrected chi connectivity index (χ2v) is 13.5. The SMILES string of the molecule is C/C(CN(C)C(=O)c1cc(C)cc(C)c1)=N\OC/C(N)=N\O.CC(CCN1CCC(N2CCCCC2=O)CC1)c1ccc(Cl)c(Cl)c1. The lowest BCUT2D eigenvalue weighted by Crippen LogP contribution is -2.49. The summed E-state index contributed by atoms with van der Waals surface area (Å²) in [7, 11) is 1.70. The predicted octanol–water partition coefficient (Wildman–Crippen LogP) is 6.48. The molecule has 2 aliphatic heterocycles. The second-order valence-electron chi connectivity index (χ2n) is 12.7. The molecular formula is C35H50Cl2N6O4. The van der Waals surface area contributed by atoms with E-state index in [1.165, 1.54) is 12.0 Å². The second kappa shape index (κ2) is 18.9. The van der Waals surface area contributed by atoms with Gasteiger partial charge in [0.2, 0.25) is 5.91 Å². The maximum absolute atomic E-state index is 12.4. The largest absolute Gasteiger partial charge is 0.409 e. The lowest BCUT2D eigenvalue weighted by atomic mass is 9.96. The first kappa shape index (κ1) is 38.1. The highest BCUT2D eigenvalue weighted by Crippen LogP contribution is 2.29. The fourth-order valence-electron chi connectivity index (χ4n) is 6.03. The quantitative estimate of drug-likeness (QED) is 0.121. The number of nitrogens with two attached hydrogens (primary N) is 1. The molecule has 2 aromatic rings. The van der Waals surface area contributed by atoms with Crippen LogP contribution in [0.25, 0.3) is 0 Å². The normalized spacial score (nSPS) is 17.2. The van der Waals surface area contributed by atoms with Crippen molar-refractivity contribution in [2.75, 3.05) is 46.4 Å². The molecule has 2 aromatic carbocycles. The van der Waals surface area contributed by atoms with Crippen molar-refractivity contribution >= 4 is 46.6 Å². The van der Waals surface area contributed by atoms with Crippen LogP contribution in [0.4, 0.5) is 0 Å². The van der Waals surface area contributed by atoms with Crippen molar-refractivity contribution in [3.63, 3.8) is 0 Å². The van der Waals surface area contributed by atoms with Crippen molar-refractivity contribution in [1.82, 2.24) is 14.7 Å². The minimum Gasteiger partial charge on any atom is -0.409 e. The van der Waals surface area contributed by atoms with E-state index in [9.17, 15) is 9.59 Å². The van der Waals surface area contributed by atoms with Crippen molar-refractivity contribution in [1.29, 1.82) is 0 Å². The molecular weight excluding hydrogens is 639 g/mol. The molecule has 0 aliphatic carbocycles. The van der Waals surface area contributed by atoms with Gasteiger partial charge in [-0.05, 0) is 95.2 Å². The summed E-state index contributed by atoms with van der Waals surface area (Å²) in [5.74, 6) is 0.683. The molecule has 1 atom stereocenters. The van der Waals surface area contributed by atoms with E-state index in [1.807, 2.05) is 44.2 Å². The van der Waals surface area contributed by atoms with Gasteiger partial charge in [-0.3, -0.25) is 9.59 Å². The third-order valence-electron chi connectivity index (χ3n) is 8.59. The van der Waals surface area contributed by atoms with E-state index in [0.29, 0.717) is 45.7 Å². The lowest BCUT2D eigenvalue weighted by Gasteiger charge is -2.40. The molecule has 0 bridgehead atoms. The zero-order valence-corrected chi connectivity index (χ0v) is 29.9. The van der Waals surface area contributed by atoms with Crippen LogP contribution in [0.2, 0.25) is 10.0 Å². The Labute approximate surface area is 289 Å². The van der Waals surface area contributed by atoms with Gasteiger partial charge in [0.05, 0.1) is 22.3 Å². The topological polar surface area (TPSA) is 124 Å². The third-order valence-corrected chi connectivity index (χ3v) is 9.33. The smallest absolute Gasteiger partial charge is 0.253 e. The van der Waals surface area contributed by atoms with Gasteiger partial charge in [0, 0.05) is 44.7 Å². The molecule has 3 N–H and O–H groups in total. The zero-order chi connectivity index (χ0) is 34.5. The van der Waals surface area contributed by atoms with Gasteiger partial charge in [-0.2, -0.15) is 0 Å². The fourth-order valence-corrected chi connectivity index (χ4v) is 6.34. The maximum Gasteiger partial charge on any atom is 0.253 e. The molecule has 0 saturated carbocycles. The predicted molar refractivity (Wildman–Crippen MR) is 190 cm³/mol. The number of carbonyl (C=O) groups is 2. The molecule has 10 nitrogen and oxygen atoms in total. The Bertz CT molecular complexity index is 1390. The highest BCUT2D eigenvalue weighted by molar-refractivity contribution is 6.42. The molecule has 0 radical (unpaired) electrons. The first-order chi connectivity index (χ1) is 22.4.